The van der Waals surface area contributed by atoms with Crippen molar-refractivity contribution < 1.29 is 9.90 Å². The number of likely N-dealkylation sites (N-methyl/N-ethyl adjacent to an activating group) is 1. The highest BCUT2D eigenvalue weighted by Gasteiger charge is 2.35. The van der Waals surface area contributed by atoms with Gasteiger partial charge in [-0.2, -0.15) is 0 Å². The van der Waals surface area contributed by atoms with Crippen LogP contribution in [0.4, 0.5) is 0 Å². The molecule has 1 unspecified atom stereocenters. The standard InChI is InChI=1S/C16H22Cl2N2O2/c1-19(2)10-16(22)6-3-7-20(11-16)15(21)9-12-4-5-13(17)14(18)8-12/h4-5,8,22H,3,6-7,9-11H2,1-2H3. The molecule has 1 aromatic rings. The Bertz CT molecular complexity index is 551. The molecule has 0 aromatic heterocycles. The molecule has 0 aliphatic carbocycles. The minimum absolute atomic E-state index is 0.00951. The summed E-state index contributed by atoms with van der Waals surface area (Å²) in [5.41, 5.74) is 0.0100. The van der Waals surface area contributed by atoms with Crippen molar-refractivity contribution in [2.75, 3.05) is 33.7 Å². The fourth-order valence-corrected chi connectivity index (χ4v) is 3.30. The van der Waals surface area contributed by atoms with Gasteiger partial charge in [0, 0.05) is 13.1 Å². The summed E-state index contributed by atoms with van der Waals surface area (Å²) in [5.74, 6) is 0.00951. The largest absolute Gasteiger partial charge is 0.387 e. The van der Waals surface area contributed by atoms with Crippen molar-refractivity contribution in [3.05, 3.63) is 33.8 Å². The van der Waals surface area contributed by atoms with E-state index >= 15 is 0 Å². The Labute approximate surface area is 141 Å². The van der Waals surface area contributed by atoms with Crippen LogP contribution in [0.1, 0.15) is 18.4 Å². The number of β-amino-alcohol motifs (C(OH)–C–C–N with tert-alkyl or cyclic N) is 1. The zero-order chi connectivity index (χ0) is 16.3. The van der Waals surface area contributed by atoms with Crippen LogP contribution in [-0.4, -0.2) is 60.1 Å². The Morgan fingerprint density at radius 3 is 2.73 bits per heavy atom. The number of hydrogen-bond acceptors (Lipinski definition) is 3. The molecule has 0 saturated carbocycles. The van der Waals surface area contributed by atoms with E-state index in [0.717, 1.165) is 18.4 Å². The number of benzene rings is 1. The highest BCUT2D eigenvalue weighted by Crippen LogP contribution is 2.25. The van der Waals surface area contributed by atoms with E-state index < -0.39 is 5.60 Å². The van der Waals surface area contributed by atoms with E-state index in [-0.39, 0.29) is 12.3 Å². The lowest BCUT2D eigenvalue weighted by molar-refractivity contribution is -0.138. The Morgan fingerprint density at radius 2 is 2.09 bits per heavy atom. The van der Waals surface area contributed by atoms with Crippen molar-refractivity contribution >= 4 is 29.1 Å². The number of nitrogens with zero attached hydrogens (tertiary/aromatic N) is 2. The molecule has 1 aliphatic rings. The Hall–Kier alpha value is -0.810. The summed E-state index contributed by atoms with van der Waals surface area (Å²) in [5, 5.41) is 11.6. The van der Waals surface area contributed by atoms with Crippen LogP contribution in [0.2, 0.25) is 10.0 Å². The van der Waals surface area contributed by atoms with Gasteiger partial charge in [0.05, 0.1) is 28.6 Å². The van der Waals surface area contributed by atoms with Crippen LogP contribution in [-0.2, 0) is 11.2 Å². The molecule has 0 bridgehead atoms. The van der Waals surface area contributed by atoms with Crippen molar-refractivity contribution in [1.29, 1.82) is 0 Å². The van der Waals surface area contributed by atoms with Crippen molar-refractivity contribution in [3.63, 3.8) is 0 Å². The van der Waals surface area contributed by atoms with Gasteiger partial charge in [0.15, 0.2) is 0 Å². The van der Waals surface area contributed by atoms with Crippen molar-refractivity contribution in [2.24, 2.45) is 0 Å². The first-order valence-corrected chi connectivity index (χ1v) is 8.13. The van der Waals surface area contributed by atoms with Gasteiger partial charge in [-0.15, -0.1) is 0 Å². The lowest BCUT2D eigenvalue weighted by Gasteiger charge is -2.40. The number of piperidine rings is 1. The third kappa shape index (κ3) is 4.59. The number of hydrogen-bond donors (Lipinski definition) is 1. The topological polar surface area (TPSA) is 43.8 Å². The van der Waals surface area contributed by atoms with Crippen LogP contribution in [0.3, 0.4) is 0 Å². The third-order valence-corrected chi connectivity index (χ3v) is 4.60. The van der Waals surface area contributed by atoms with Gasteiger partial charge in [0.25, 0.3) is 0 Å². The van der Waals surface area contributed by atoms with Gasteiger partial charge in [0.2, 0.25) is 5.91 Å². The first kappa shape index (κ1) is 17.5. The zero-order valence-corrected chi connectivity index (χ0v) is 14.5. The second-order valence-electron chi connectivity index (χ2n) is 6.31. The van der Waals surface area contributed by atoms with Crippen molar-refractivity contribution in [3.8, 4) is 0 Å². The minimum Gasteiger partial charge on any atom is -0.387 e. The highest BCUT2D eigenvalue weighted by molar-refractivity contribution is 6.42. The number of aliphatic hydroxyl groups is 1. The normalized spacial score (nSPS) is 22.2. The van der Waals surface area contributed by atoms with Gasteiger partial charge < -0.3 is 14.9 Å². The van der Waals surface area contributed by atoms with Crippen LogP contribution in [0, 0.1) is 0 Å². The number of halogens is 2. The van der Waals surface area contributed by atoms with Gasteiger partial charge >= 0.3 is 0 Å². The highest BCUT2D eigenvalue weighted by atomic mass is 35.5. The fourth-order valence-electron chi connectivity index (χ4n) is 2.98. The molecule has 2 rings (SSSR count). The quantitative estimate of drug-likeness (QED) is 0.912. The Morgan fingerprint density at radius 1 is 1.36 bits per heavy atom. The molecule has 6 heteroatoms. The molecule has 1 N–H and O–H groups in total. The second kappa shape index (κ2) is 7.18. The first-order chi connectivity index (χ1) is 10.3. The lowest BCUT2D eigenvalue weighted by Crippen LogP contribution is -2.55. The van der Waals surface area contributed by atoms with Gasteiger partial charge in [0.1, 0.15) is 0 Å². The van der Waals surface area contributed by atoms with E-state index in [4.69, 9.17) is 23.2 Å². The first-order valence-electron chi connectivity index (χ1n) is 7.38. The number of rotatable bonds is 4. The van der Waals surface area contributed by atoms with Crippen LogP contribution < -0.4 is 0 Å². The predicted molar refractivity (Wildman–Crippen MR) is 89.5 cm³/mol. The third-order valence-electron chi connectivity index (χ3n) is 3.86. The lowest BCUT2D eigenvalue weighted by atomic mass is 9.92. The monoisotopic (exact) mass is 344 g/mol. The number of likely N-dealkylation sites (tertiary alicyclic amines) is 1. The van der Waals surface area contributed by atoms with Gasteiger partial charge in [-0.1, -0.05) is 29.3 Å². The smallest absolute Gasteiger partial charge is 0.227 e. The van der Waals surface area contributed by atoms with E-state index in [9.17, 15) is 9.90 Å². The molecular weight excluding hydrogens is 323 g/mol. The molecule has 1 saturated heterocycles. The van der Waals surface area contributed by atoms with Crippen LogP contribution in [0.15, 0.2) is 18.2 Å². The maximum Gasteiger partial charge on any atom is 0.227 e. The van der Waals surface area contributed by atoms with Gasteiger partial charge in [-0.25, -0.2) is 0 Å². The van der Waals surface area contributed by atoms with E-state index in [2.05, 4.69) is 0 Å². The SMILES string of the molecule is CN(C)CC1(O)CCCN(C(=O)Cc2ccc(Cl)c(Cl)c2)C1. The van der Waals surface area contributed by atoms with Gasteiger partial charge in [-0.05, 0) is 44.6 Å². The average molecular weight is 345 g/mol. The fraction of sp³-hybridized carbons (Fsp3) is 0.562. The average Bonchev–Trinajstić information content (AvgIpc) is 2.41. The molecule has 1 fully saturated rings. The summed E-state index contributed by atoms with van der Waals surface area (Å²) in [4.78, 5) is 16.2. The van der Waals surface area contributed by atoms with Crippen molar-refractivity contribution in [1.82, 2.24) is 9.80 Å². The molecule has 122 valence electrons. The maximum absolute atomic E-state index is 12.5. The number of amides is 1. The summed E-state index contributed by atoms with van der Waals surface area (Å²) < 4.78 is 0. The molecular formula is C16H22Cl2N2O2. The second-order valence-corrected chi connectivity index (χ2v) is 7.12. The molecule has 1 heterocycles. The summed E-state index contributed by atoms with van der Waals surface area (Å²) >= 11 is 11.9. The summed E-state index contributed by atoms with van der Waals surface area (Å²) in [7, 11) is 3.85. The molecule has 1 amide bonds. The van der Waals surface area contributed by atoms with E-state index in [1.54, 1.807) is 17.0 Å². The summed E-state index contributed by atoms with van der Waals surface area (Å²) in [6.45, 7) is 1.63. The number of carbonyl (C=O) groups is 1. The Balaban J connectivity index is 2.01. The van der Waals surface area contributed by atoms with E-state index in [0.29, 0.717) is 29.7 Å². The van der Waals surface area contributed by atoms with Gasteiger partial charge in [-0.3, -0.25) is 4.79 Å². The molecule has 1 aliphatic heterocycles. The Kier molecular flexibility index (Phi) is 5.72. The van der Waals surface area contributed by atoms with Crippen LogP contribution in [0.5, 0.6) is 0 Å². The van der Waals surface area contributed by atoms with Crippen LogP contribution in [0.25, 0.3) is 0 Å². The molecule has 22 heavy (non-hydrogen) atoms. The van der Waals surface area contributed by atoms with Crippen LogP contribution >= 0.6 is 23.2 Å². The minimum atomic E-state index is -0.824. The number of carbonyl (C=O) groups excluding carboxylic acids is 1. The molecule has 1 aromatic carbocycles. The summed E-state index contributed by atoms with van der Waals surface area (Å²) in [6, 6.07) is 5.23. The molecule has 0 spiro atoms. The predicted octanol–water partition coefficient (Wildman–Crippen LogP) is 2.45. The van der Waals surface area contributed by atoms with E-state index in [1.165, 1.54) is 0 Å². The van der Waals surface area contributed by atoms with E-state index in [1.807, 2.05) is 25.1 Å². The van der Waals surface area contributed by atoms with Crippen molar-refractivity contribution in [2.45, 2.75) is 24.9 Å². The summed E-state index contributed by atoms with van der Waals surface area (Å²) in [6.07, 6.45) is 1.81. The molecule has 1 atom stereocenters. The zero-order valence-electron chi connectivity index (χ0n) is 13.0. The molecule has 0 radical (unpaired) electrons. The maximum atomic E-state index is 12.5. The molecule has 4 nitrogen and oxygen atoms in total.